The second-order valence-electron chi connectivity index (χ2n) is 6.70. The number of aliphatic carboxylic acids is 1. The first-order valence-corrected chi connectivity index (χ1v) is 9.09. The maximum absolute atomic E-state index is 12.5. The molecule has 0 aromatic carbocycles. The second-order valence-corrected chi connectivity index (χ2v) is 6.70. The van der Waals surface area contributed by atoms with Gasteiger partial charge in [-0.3, -0.25) is 9.59 Å². The summed E-state index contributed by atoms with van der Waals surface area (Å²) < 4.78 is 5.77. The zero-order chi connectivity index (χ0) is 17.2. The fourth-order valence-corrected chi connectivity index (χ4v) is 3.08. The molecule has 0 aromatic rings. The molecular weight excluding hydrogens is 292 g/mol. The number of carboxylic acids is 1. The number of rotatable bonds is 10. The maximum Gasteiger partial charge on any atom is 0.310 e. The van der Waals surface area contributed by atoms with E-state index < -0.39 is 17.8 Å². The van der Waals surface area contributed by atoms with Crippen molar-refractivity contribution >= 4 is 11.9 Å². The number of carboxylic acid groups (broad SMARTS) is 1. The minimum Gasteiger partial charge on any atom is -0.481 e. The van der Waals surface area contributed by atoms with Crippen LogP contribution in [0.5, 0.6) is 0 Å². The third-order valence-corrected chi connectivity index (χ3v) is 4.94. The molecule has 132 valence electrons. The Kier molecular flexibility index (Phi) is 8.97. The molecule has 4 atom stereocenters. The highest BCUT2D eigenvalue weighted by atomic mass is 16.5. The monoisotopic (exact) mass is 324 g/mol. The summed E-state index contributed by atoms with van der Waals surface area (Å²) in [6, 6.07) is 0. The molecule has 0 saturated heterocycles. The maximum atomic E-state index is 12.5. The van der Waals surface area contributed by atoms with Crippen molar-refractivity contribution < 1.29 is 19.4 Å². The Morgan fingerprint density at radius 1 is 1.13 bits per heavy atom. The van der Waals surface area contributed by atoms with Crippen molar-refractivity contribution in [2.75, 3.05) is 0 Å². The molecule has 1 N–H and O–H groups in total. The normalized spacial score (nSPS) is 23.3. The quantitative estimate of drug-likeness (QED) is 0.363. The third kappa shape index (κ3) is 6.36. The molecule has 0 fully saturated rings. The summed E-state index contributed by atoms with van der Waals surface area (Å²) in [5.41, 5.74) is 0. The summed E-state index contributed by atoms with van der Waals surface area (Å²) in [6.07, 6.45) is 11.0. The first kappa shape index (κ1) is 19.7. The van der Waals surface area contributed by atoms with Gasteiger partial charge in [0.2, 0.25) is 0 Å². The van der Waals surface area contributed by atoms with Crippen molar-refractivity contribution in [1.82, 2.24) is 0 Å². The number of hydrogen-bond acceptors (Lipinski definition) is 3. The number of ether oxygens (including phenoxy) is 1. The Hall–Kier alpha value is -1.32. The molecule has 0 amide bonds. The Balaban J connectivity index is 2.63. The lowest BCUT2D eigenvalue weighted by Gasteiger charge is -2.28. The molecule has 4 nitrogen and oxygen atoms in total. The van der Waals surface area contributed by atoms with E-state index in [2.05, 4.69) is 20.8 Å². The topological polar surface area (TPSA) is 63.6 Å². The average Bonchev–Trinajstić information content (AvgIpc) is 2.56. The van der Waals surface area contributed by atoms with Crippen LogP contribution in [0.1, 0.15) is 72.1 Å². The van der Waals surface area contributed by atoms with Crippen LogP contribution in [0.2, 0.25) is 0 Å². The summed E-state index contributed by atoms with van der Waals surface area (Å²) in [6.45, 7) is 6.38. The minimum absolute atomic E-state index is 0.0929. The van der Waals surface area contributed by atoms with Crippen molar-refractivity contribution in [3.05, 3.63) is 12.2 Å². The number of carbonyl (C=O) groups is 2. The predicted molar refractivity (Wildman–Crippen MR) is 91.1 cm³/mol. The van der Waals surface area contributed by atoms with Gasteiger partial charge in [0.15, 0.2) is 0 Å². The molecular formula is C19H32O4. The van der Waals surface area contributed by atoms with Crippen molar-refractivity contribution in [3.8, 4) is 0 Å². The zero-order valence-corrected chi connectivity index (χ0v) is 14.8. The summed E-state index contributed by atoms with van der Waals surface area (Å²) >= 11 is 0. The van der Waals surface area contributed by atoms with E-state index in [1.807, 2.05) is 12.2 Å². The average molecular weight is 324 g/mol. The van der Waals surface area contributed by atoms with E-state index in [0.717, 1.165) is 25.7 Å². The number of carbonyl (C=O) groups excluding carboxylic acids is 1. The number of allylic oxidation sites excluding steroid dienone is 2. The van der Waals surface area contributed by atoms with Crippen molar-refractivity contribution in [2.45, 2.75) is 78.2 Å². The first-order valence-electron chi connectivity index (χ1n) is 9.09. The van der Waals surface area contributed by atoms with Crippen LogP contribution in [0, 0.1) is 17.8 Å². The molecule has 1 aliphatic rings. The lowest BCUT2D eigenvalue weighted by atomic mass is 9.83. The van der Waals surface area contributed by atoms with Gasteiger partial charge in [-0.05, 0) is 31.6 Å². The van der Waals surface area contributed by atoms with Gasteiger partial charge in [-0.15, -0.1) is 0 Å². The zero-order valence-electron chi connectivity index (χ0n) is 14.8. The minimum atomic E-state index is -0.903. The molecule has 0 aromatic heterocycles. The van der Waals surface area contributed by atoms with E-state index in [1.165, 1.54) is 12.8 Å². The van der Waals surface area contributed by atoms with Gasteiger partial charge in [0.1, 0.15) is 6.10 Å². The number of unbranched alkanes of at least 4 members (excludes halogenated alkanes) is 3. The molecule has 0 aliphatic heterocycles. The van der Waals surface area contributed by atoms with Gasteiger partial charge in [0.25, 0.3) is 0 Å². The van der Waals surface area contributed by atoms with E-state index in [1.54, 1.807) is 0 Å². The summed E-state index contributed by atoms with van der Waals surface area (Å²) in [5, 5.41) is 9.31. The molecule has 0 spiro atoms. The molecule has 0 saturated carbocycles. The largest absolute Gasteiger partial charge is 0.481 e. The van der Waals surface area contributed by atoms with Crippen LogP contribution in [-0.2, 0) is 14.3 Å². The molecule has 4 unspecified atom stereocenters. The fraction of sp³-hybridized carbons (Fsp3) is 0.789. The molecule has 23 heavy (non-hydrogen) atoms. The number of esters is 1. The Bertz CT molecular complexity index is 402. The summed E-state index contributed by atoms with van der Waals surface area (Å²) in [5.74, 6) is -2.12. The van der Waals surface area contributed by atoms with Crippen molar-refractivity contribution in [1.29, 1.82) is 0 Å². The standard InChI is InChI=1S/C19H32O4/c1-4-6-7-8-13-17(14(3)5-2)23-19(22)16-12-10-9-11-15(16)18(20)21/h9-10,14-17H,4-8,11-13H2,1-3H3,(H,20,21). The number of hydrogen-bond donors (Lipinski definition) is 1. The van der Waals surface area contributed by atoms with Crippen LogP contribution >= 0.6 is 0 Å². The lowest BCUT2D eigenvalue weighted by molar-refractivity contribution is -0.164. The molecule has 1 aliphatic carbocycles. The Labute approximate surface area is 140 Å². The van der Waals surface area contributed by atoms with Crippen LogP contribution in [0.3, 0.4) is 0 Å². The summed E-state index contributed by atoms with van der Waals surface area (Å²) in [4.78, 5) is 23.9. The molecule has 0 heterocycles. The van der Waals surface area contributed by atoms with E-state index in [4.69, 9.17) is 4.74 Å². The Morgan fingerprint density at radius 3 is 2.35 bits per heavy atom. The van der Waals surface area contributed by atoms with Gasteiger partial charge in [-0.2, -0.15) is 0 Å². The van der Waals surface area contributed by atoms with Crippen LogP contribution in [0.15, 0.2) is 12.2 Å². The van der Waals surface area contributed by atoms with Crippen LogP contribution in [0.4, 0.5) is 0 Å². The SMILES string of the molecule is CCCCCCC(OC(=O)C1CC=CCC1C(=O)O)C(C)CC. The first-order chi connectivity index (χ1) is 11.0. The van der Waals surface area contributed by atoms with E-state index in [0.29, 0.717) is 18.8 Å². The van der Waals surface area contributed by atoms with Gasteiger partial charge in [0, 0.05) is 0 Å². The predicted octanol–water partition coefficient (Wildman–Crippen LogP) is 4.58. The van der Waals surface area contributed by atoms with Gasteiger partial charge in [-0.1, -0.05) is 58.6 Å². The van der Waals surface area contributed by atoms with E-state index in [-0.39, 0.29) is 12.1 Å². The van der Waals surface area contributed by atoms with Crippen molar-refractivity contribution in [3.63, 3.8) is 0 Å². The smallest absolute Gasteiger partial charge is 0.310 e. The third-order valence-electron chi connectivity index (χ3n) is 4.94. The van der Waals surface area contributed by atoms with E-state index >= 15 is 0 Å². The van der Waals surface area contributed by atoms with Crippen molar-refractivity contribution in [2.24, 2.45) is 17.8 Å². The molecule has 1 rings (SSSR count). The molecule has 0 radical (unpaired) electrons. The van der Waals surface area contributed by atoms with Gasteiger partial charge in [0.05, 0.1) is 11.8 Å². The summed E-state index contributed by atoms with van der Waals surface area (Å²) in [7, 11) is 0. The van der Waals surface area contributed by atoms with Crippen LogP contribution in [0.25, 0.3) is 0 Å². The highest BCUT2D eigenvalue weighted by Gasteiger charge is 2.36. The van der Waals surface area contributed by atoms with Crippen LogP contribution in [-0.4, -0.2) is 23.1 Å². The highest BCUT2D eigenvalue weighted by Crippen LogP contribution is 2.29. The molecule has 0 bridgehead atoms. The Morgan fingerprint density at radius 2 is 1.78 bits per heavy atom. The second kappa shape index (κ2) is 10.5. The van der Waals surface area contributed by atoms with E-state index in [9.17, 15) is 14.7 Å². The van der Waals surface area contributed by atoms with Gasteiger partial charge < -0.3 is 9.84 Å². The van der Waals surface area contributed by atoms with Crippen LogP contribution < -0.4 is 0 Å². The lowest BCUT2D eigenvalue weighted by Crippen LogP contribution is -2.36. The highest BCUT2D eigenvalue weighted by molar-refractivity contribution is 5.81. The fourth-order valence-electron chi connectivity index (χ4n) is 3.08. The van der Waals surface area contributed by atoms with Gasteiger partial charge >= 0.3 is 11.9 Å². The molecule has 4 heteroatoms. The van der Waals surface area contributed by atoms with Gasteiger partial charge in [-0.25, -0.2) is 0 Å².